The van der Waals surface area contributed by atoms with Gasteiger partial charge in [-0.25, -0.2) is 15.0 Å². The fourth-order valence-corrected chi connectivity index (χ4v) is 1.95. The van der Waals surface area contributed by atoms with E-state index >= 15 is 0 Å². The van der Waals surface area contributed by atoms with Crippen LogP contribution in [-0.2, 0) is 4.79 Å². The molecule has 106 valence electrons. The number of anilines is 1. The number of fused-ring (bicyclic) bond motifs is 1. The van der Waals surface area contributed by atoms with Crippen LogP contribution in [-0.4, -0.2) is 36.2 Å². The molecule has 2 N–H and O–H groups in total. The van der Waals surface area contributed by atoms with Crippen molar-refractivity contribution in [1.82, 2.24) is 0 Å². The van der Waals surface area contributed by atoms with Crippen LogP contribution in [0.2, 0.25) is 0 Å². The van der Waals surface area contributed by atoms with E-state index in [1.165, 1.54) is 6.34 Å². The molecule has 2 aliphatic rings. The van der Waals surface area contributed by atoms with Gasteiger partial charge in [0.1, 0.15) is 12.1 Å². The zero-order valence-electron chi connectivity index (χ0n) is 11.4. The number of rotatable bonds is 4. The summed E-state index contributed by atoms with van der Waals surface area (Å²) in [6, 6.07) is 5.16. The SMILES string of the molecule is CCCOc1ccc(N)cc1C1=NC(=O)C2=NC=NC2=N1. The third kappa shape index (κ3) is 2.45. The van der Waals surface area contributed by atoms with Gasteiger partial charge in [0.25, 0.3) is 0 Å². The van der Waals surface area contributed by atoms with Crippen molar-refractivity contribution < 1.29 is 9.53 Å². The molecule has 0 aromatic heterocycles. The summed E-state index contributed by atoms with van der Waals surface area (Å²) in [5.74, 6) is 0.640. The summed E-state index contributed by atoms with van der Waals surface area (Å²) in [5.41, 5.74) is 7.09. The molecule has 0 bridgehead atoms. The predicted octanol–water partition coefficient (Wildman–Crippen LogP) is 1.23. The smallest absolute Gasteiger partial charge is 0.301 e. The van der Waals surface area contributed by atoms with E-state index in [-0.39, 0.29) is 17.4 Å². The van der Waals surface area contributed by atoms with Gasteiger partial charge in [-0.3, -0.25) is 4.79 Å². The maximum Gasteiger partial charge on any atom is 0.301 e. The highest BCUT2D eigenvalue weighted by molar-refractivity contribution is 6.71. The molecule has 0 radical (unpaired) electrons. The number of benzene rings is 1. The fourth-order valence-electron chi connectivity index (χ4n) is 1.95. The molecule has 0 saturated heterocycles. The zero-order valence-corrected chi connectivity index (χ0v) is 11.4. The van der Waals surface area contributed by atoms with Gasteiger partial charge in [0.15, 0.2) is 17.4 Å². The first-order chi connectivity index (χ1) is 10.2. The number of nitrogens with two attached hydrogens (primary N) is 1. The second kappa shape index (κ2) is 5.28. The summed E-state index contributed by atoms with van der Waals surface area (Å²) in [7, 11) is 0. The van der Waals surface area contributed by atoms with E-state index in [2.05, 4.69) is 20.0 Å². The Morgan fingerprint density at radius 3 is 2.90 bits per heavy atom. The maximum atomic E-state index is 11.9. The molecule has 0 unspecified atom stereocenters. The minimum atomic E-state index is -0.462. The van der Waals surface area contributed by atoms with Crippen LogP contribution in [0.25, 0.3) is 0 Å². The molecule has 1 aromatic rings. The predicted molar refractivity (Wildman–Crippen MR) is 81.5 cm³/mol. The van der Waals surface area contributed by atoms with E-state index in [0.29, 0.717) is 23.6 Å². The van der Waals surface area contributed by atoms with Gasteiger partial charge in [0, 0.05) is 5.69 Å². The quantitative estimate of drug-likeness (QED) is 0.840. The van der Waals surface area contributed by atoms with Crippen molar-refractivity contribution in [3.05, 3.63) is 23.8 Å². The Morgan fingerprint density at radius 2 is 2.10 bits per heavy atom. The first kappa shape index (κ1) is 13.2. The van der Waals surface area contributed by atoms with Gasteiger partial charge >= 0.3 is 5.91 Å². The van der Waals surface area contributed by atoms with Crippen molar-refractivity contribution in [1.29, 1.82) is 0 Å². The number of hydrogen-bond donors (Lipinski definition) is 1. The monoisotopic (exact) mass is 283 g/mol. The number of carbonyl (C=O) groups is 1. The molecule has 0 atom stereocenters. The van der Waals surface area contributed by atoms with Crippen LogP contribution in [0, 0.1) is 0 Å². The van der Waals surface area contributed by atoms with E-state index in [0.717, 1.165) is 6.42 Å². The minimum Gasteiger partial charge on any atom is -0.493 e. The van der Waals surface area contributed by atoms with Crippen LogP contribution in [0.15, 0.2) is 38.2 Å². The van der Waals surface area contributed by atoms with Crippen LogP contribution in [0.1, 0.15) is 18.9 Å². The van der Waals surface area contributed by atoms with Crippen molar-refractivity contribution in [2.75, 3.05) is 12.3 Å². The number of amides is 1. The largest absolute Gasteiger partial charge is 0.493 e. The summed E-state index contributed by atoms with van der Waals surface area (Å²) < 4.78 is 5.66. The van der Waals surface area contributed by atoms with E-state index in [9.17, 15) is 4.79 Å². The highest BCUT2D eigenvalue weighted by Gasteiger charge is 2.27. The Bertz CT molecular complexity index is 731. The van der Waals surface area contributed by atoms with Gasteiger partial charge in [0.05, 0.1) is 12.2 Å². The molecule has 7 heteroatoms. The van der Waals surface area contributed by atoms with E-state index in [1.807, 2.05) is 6.92 Å². The second-order valence-corrected chi connectivity index (χ2v) is 4.50. The van der Waals surface area contributed by atoms with Crippen molar-refractivity contribution in [3.8, 4) is 5.75 Å². The summed E-state index contributed by atoms with van der Waals surface area (Å²) in [4.78, 5) is 27.9. The van der Waals surface area contributed by atoms with Gasteiger partial charge < -0.3 is 10.5 Å². The first-order valence-corrected chi connectivity index (χ1v) is 6.54. The van der Waals surface area contributed by atoms with Crippen molar-refractivity contribution in [3.63, 3.8) is 0 Å². The van der Waals surface area contributed by atoms with E-state index in [1.54, 1.807) is 18.2 Å². The highest BCUT2D eigenvalue weighted by atomic mass is 16.5. The molecule has 1 aromatic carbocycles. The van der Waals surface area contributed by atoms with Gasteiger partial charge in [-0.05, 0) is 24.6 Å². The van der Waals surface area contributed by atoms with Gasteiger partial charge in [0.2, 0.25) is 0 Å². The standard InChI is InChI=1S/C14H13N5O2/c1-2-5-21-10-4-3-8(15)6-9(10)12-18-13-11(14(20)19-12)16-7-17-13/h3-4,6-7H,2,5,15H2,1H3. The Morgan fingerprint density at radius 1 is 1.24 bits per heavy atom. The molecule has 21 heavy (non-hydrogen) atoms. The number of aliphatic imine (C=N–C) groups is 4. The number of nitrogen functional groups attached to an aromatic ring is 1. The lowest BCUT2D eigenvalue weighted by Crippen LogP contribution is -2.26. The zero-order chi connectivity index (χ0) is 14.8. The molecule has 0 spiro atoms. The lowest BCUT2D eigenvalue weighted by atomic mass is 10.1. The Labute approximate surface area is 121 Å². The maximum absolute atomic E-state index is 11.9. The molecule has 0 aliphatic carbocycles. The lowest BCUT2D eigenvalue weighted by Gasteiger charge is -2.13. The fraction of sp³-hybridized carbons (Fsp3) is 0.214. The van der Waals surface area contributed by atoms with E-state index in [4.69, 9.17) is 10.5 Å². The van der Waals surface area contributed by atoms with Crippen LogP contribution >= 0.6 is 0 Å². The molecule has 7 nitrogen and oxygen atoms in total. The van der Waals surface area contributed by atoms with Gasteiger partial charge in [-0.2, -0.15) is 4.99 Å². The number of hydrogen-bond acceptors (Lipinski definition) is 6. The molecule has 1 amide bonds. The van der Waals surface area contributed by atoms with Gasteiger partial charge in [-0.15, -0.1) is 0 Å². The summed E-state index contributed by atoms with van der Waals surface area (Å²) >= 11 is 0. The number of nitrogens with zero attached hydrogens (tertiary/aromatic N) is 4. The molecule has 2 heterocycles. The summed E-state index contributed by atoms with van der Waals surface area (Å²) in [6.45, 7) is 2.56. The topological polar surface area (TPSA) is 102 Å². The third-order valence-corrected chi connectivity index (χ3v) is 2.91. The number of ether oxygens (including phenoxy) is 1. The minimum absolute atomic E-state index is 0.165. The summed E-state index contributed by atoms with van der Waals surface area (Å²) in [6.07, 6.45) is 2.16. The molecule has 2 aliphatic heterocycles. The number of carbonyl (C=O) groups excluding carboxylic acids is 1. The van der Waals surface area contributed by atoms with Gasteiger partial charge in [-0.1, -0.05) is 6.92 Å². The Kier molecular flexibility index (Phi) is 3.31. The Balaban J connectivity index is 2.04. The van der Waals surface area contributed by atoms with Crippen LogP contribution in [0.3, 0.4) is 0 Å². The molecular formula is C14H13N5O2. The molecular weight excluding hydrogens is 270 g/mol. The van der Waals surface area contributed by atoms with Crippen molar-refractivity contribution in [2.24, 2.45) is 20.0 Å². The third-order valence-electron chi connectivity index (χ3n) is 2.91. The van der Waals surface area contributed by atoms with Crippen LogP contribution in [0.4, 0.5) is 5.69 Å². The van der Waals surface area contributed by atoms with Crippen molar-refractivity contribution in [2.45, 2.75) is 13.3 Å². The molecule has 0 fully saturated rings. The number of amidine groups is 2. The van der Waals surface area contributed by atoms with Crippen LogP contribution in [0.5, 0.6) is 5.75 Å². The molecule has 3 rings (SSSR count). The lowest BCUT2D eigenvalue weighted by molar-refractivity contribution is -0.111. The van der Waals surface area contributed by atoms with Crippen molar-refractivity contribution >= 4 is 35.3 Å². The first-order valence-electron chi connectivity index (χ1n) is 6.54. The normalized spacial score (nSPS) is 16.2. The average Bonchev–Trinajstić information content (AvgIpc) is 2.95. The highest BCUT2D eigenvalue weighted by Crippen LogP contribution is 2.24. The Hall–Kier alpha value is -2.83. The molecule has 0 saturated carbocycles. The van der Waals surface area contributed by atoms with Crippen LogP contribution < -0.4 is 10.5 Å². The summed E-state index contributed by atoms with van der Waals surface area (Å²) in [5, 5.41) is 0. The average molecular weight is 283 g/mol. The second-order valence-electron chi connectivity index (χ2n) is 4.50. The van der Waals surface area contributed by atoms with E-state index < -0.39 is 5.91 Å².